The summed E-state index contributed by atoms with van der Waals surface area (Å²) in [7, 11) is 1.66. The van der Waals surface area contributed by atoms with Crippen molar-refractivity contribution >= 4 is 16.9 Å². The maximum absolute atomic E-state index is 12.8. The van der Waals surface area contributed by atoms with Crippen LogP contribution in [0.3, 0.4) is 0 Å². The molecular weight excluding hydrogens is 380 g/mol. The number of fused-ring (bicyclic) bond motifs is 1. The van der Waals surface area contributed by atoms with Crippen molar-refractivity contribution in [3.8, 4) is 11.5 Å². The number of ether oxygens (including phenoxy) is 2. The smallest absolute Gasteiger partial charge is 0.253 e. The number of methoxy groups -OCH3 is 1. The Morgan fingerprint density at radius 3 is 2.43 bits per heavy atom. The van der Waals surface area contributed by atoms with Crippen LogP contribution in [0.1, 0.15) is 30.0 Å². The van der Waals surface area contributed by atoms with Crippen molar-refractivity contribution in [1.82, 2.24) is 19.8 Å². The van der Waals surface area contributed by atoms with Gasteiger partial charge in [0.15, 0.2) is 0 Å². The molecule has 1 fully saturated rings. The molecule has 0 radical (unpaired) electrons. The lowest BCUT2D eigenvalue weighted by Gasteiger charge is -2.34. The lowest BCUT2D eigenvalue weighted by molar-refractivity contribution is 0.0626. The third kappa shape index (κ3) is 4.57. The second kappa shape index (κ2) is 8.75. The fraction of sp³-hybridized carbons (Fsp3) is 0.391. The van der Waals surface area contributed by atoms with Crippen LogP contribution in [0.15, 0.2) is 42.5 Å². The average Bonchev–Trinajstić information content (AvgIpc) is 3.15. The van der Waals surface area contributed by atoms with Crippen molar-refractivity contribution in [3.63, 3.8) is 0 Å². The summed E-state index contributed by atoms with van der Waals surface area (Å²) < 4.78 is 10.9. The highest BCUT2D eigenvalue weighted by molar-refractivity contribution is 5.94. The molecule has 4 rings (SSSR count). The third-order valence-electron chi connectivity index (χ3n) is 5.24. The van der Waals surface area contributed by atoms with Crippen LogP contribution in [0.25, 0.3) is 11.0 Å². The Bertz CT molecular complexity index is 1000. The van der Waals surface area contributed by atoms with Gasteiger partial charge in [0, 0.05) is 37.8 Å². The summed E-state index contributed by atoms with van der Waals surface area (Å²) in [5.74, 6) is 2.60. The summed E-state index contributed by atoms with van der Waals surface area (Å²) in [5, 5.41) is 0. The standard InChI is InChI=1S/C23H28N4O3/c1-16(2)30-18-6-4-17(5-7-18)23(28)27-12-10-26(11-13-27)15-22-24-20-9-8-19(29-3)14-21(20)25-22/h4-9,14,16H,10-13,15H2,1-3H3,(H,24,25). The SMILES string of the molecule is COc1ccc2nc(CN3CCN(C(=O)c4ccc(OC(C)C)cc4)CC3)[nH]c2c1. The molecule has 0 spiro atoms. The van der Waals surface area contributed by atoms with Gasteiger partial charge < -0.3 is 19.4 Å². The van der Waals surface area contributed by atoms with Gasteiger partial charge in [-0.05, 0) is 50.2 Å². The summed E-state index contributed by atoms with van der Waals surface area (Å²) in [6, 6.07) is 13.2. The first-order chi connectivity index (χ1) is 14.5. The number of hydrogen-bond donors (Lipinski definition) is 1. The average molecular weight is 409 g/mol. The van der Waals surface area contributed by atoms with E-state index in [1.165, 1.54) is 0 Å². The molecule has 0 saturated carbocycles. The van der Waals surface area contributed by atoms with Gasteiger partial charge in [0.25, 0.3) is 5.91 Å². The summed E-state index contributed by atoms with van der Waals surface area (Å²) in [6.45, 7) is 7.76. The zero-order valence-corrected chi connectivity index (χ0v) is 17.7. The van der Waals surface area contributed by atoms with Gasteiger partial charge in [0.05, 0.1) is 30.8 Å². The molecule has 1 saturated heterocycles. The first kappa shape index (κ1) is 20.2. The van der Waals surface area contributed by atoms with Crippen molar-refractivity contribution in [2.24, 2.45) is 0 Å². The number of aromatic nitrogens is 2. The van der Waals surface area contributed by atoms with Crippen LogP contribution in [0.5, 0.6) is 11.5 Å². The second-order valence-corrected chi connectivity index (χ2v) is 7.83. The maximum Gasteiger partial charge on any atom is 0.253 e. The number of benzene rings is 2. The van der Waals surface area contributed by atoms with E-state index in [-0.39, 0.29) is 12.0 Å². The van der Waals surface area contributed by atoms with Crippen molar-refractivity contribution < 1.29 is 14.3 Å². The van der Waals surface area contributed by atoms with E-state index in [4.69, 9.17) is 9.47 Å². The Morgan fingerprint density at radius 1 is 1.07 bits per heavy atom. The predicted molar refractivity (Wildman–Crippen MR) is 116 cm³/mol. The molecule has 3 aromatic rings. The Balaban J connectivity index is 1.32. The highest BCUT2D eigenvalue weighted by atomic mass is 16.5. The molecule has 0 atom stereocenters. The molecule has 1 N–H and O–H groups in total. The number of amides is 1. The molecule has 158 valence electrons. The Hall–Kier alpha value is -3.06. The molecule has 7 heteroatoms. The Labute approximate surface area is 176 Å². The van der Waals surface area contributed by atoms with Crippen LogP contribution in [-0.4, -0.2) is 65.1 Å². The van der Waals surface area contributed by atoms with E-state index in [1.807, 2.05) is 61.2 Å². The van der Waals surface area contributed by atoms with E-state index in [0.717, 1.165) is 48.0 Å². The van der Waals surface area contributed by atoms with E-state index >= 15 is 0 Å². The number of imidazole rings is 1. The summed E-state index contributed by atoms with van der Waals surface area (Å²) in [5.41, 5.74) is 2.61. The van der Waals surface area contributed by atoms with E-state index in [0.29, 0.717) is 18.7 Å². The molecule has 2 heterocycles. The van der Waals surface area contributed by atoms with Gasteiger partial charge in [-0.2, -0.15) is 0 Å². The molecule has 0 unspecified atom stereocenters. The topological polar surface area (TPSA) is 70.7 Å². The van der Waals surface area contributed by atoms with E-state index in [1.54, 1.807) is 7.11 Å². The van der Waals surface area contributed by atoms with Gasteiger partial charge in [0.2, 0.25) is 0 Å². The van der Waals surface area contributed by atoms with Crippen LogP contribution in [0.2, 0.25) is 0 Å². The summed E-state index contributed by atoms with van der Waals surface area (Å²) >= 11 is 0. The zero-order chi connectivity index (χ0) is 21.1. The van der Waals surface area contributed by atoms with E-state index in [2.05, 4.69) is 14.9 Å². The lowest BCUT2D eigenvalue weighted by atomic mass is 10.1. The number of carbonyl (C=O) groups is 1. The van der Waals surface area contributed by atoms with Gasteiger partial charge in [-0.25, -0.2) is 4.98 Å². The Kier molecular flexibility index (Phi) is 5.90. The number of H-pyrrole nitrogens is 1. The largest absolute Gasteiger partial charge is 0.497 e. The minimum Gasteiger partial charge on any atom is -0.497 e. The van der Waals surface area contributed by atoms with Gasteiger partial charge in [-0.1, -0.05) is 0 Å². The first-order valence-corrected chi connectivity index (χ1v) is 10.3. The summed E-state index contributed by atoms with van der Waals surface area (Å²) in [6.07, 6.45) is 0.119. The van der Waals surface area contributed by atoms with Gasteiger partial charge in [-0.15, -0.1) is 0 Å². The van der Waals surface area contributed by atoms with Crippen LogP contribution in [0, 0.1) is 0 Å². The molecule has 7 nitrogen and oxygen atoms in total. The fourth-order valence-electron chi connectivity index (χ4n) is 3.70. The fourth-order valence-corrected chi connectivity index (χ4v) is 3.70. The van der Waals surface area contributed by atoms with Gasteiger partial charge in [0.1, 0.15) is 17.3 Å². The van der Waals surface area contributed by atoms with Crippen molar-refractivity contribution in [2.75, 3.05) is 33.3 Å². The number of hydrogen-bond acceptors (Lipinski definition) is 5. The molecule has 0 bridgehead atoms. The van der Waals surface area contributed by atoms with Crippen molar-refractivity contribution in [1.29, 1.82) is 0 Å². The number of nitrogens with one attached hydrogen (secondary N) is 1. The molecule has 1 aliphatic heterocycles. The zero-order valence-electron chi connectivity index (χ0n) is 17.7. The number of aromatic amines is 1. The molecule has 30 heavy (non-hydrogen) atoms. The van der Waals surface area contributed by atoms with Crippen LogP contribution in [0.4, 0.5) is 0 Å². The molecule has 1 aliphatic rings. The monoisotopic (exact) mass is 408 g/mol. The number of piperazine rings is 1. The highest BCUT2D eigenvalue weighted by Crippen LogP contribution is 2.20. The van der Waals surface area contributed by atoms with E-state index < -0.39 is 0 Å². The molecule has 0 aliphatic carbocycles. The minimum absolute atomic E-state index is 0.0709. The quantitative estimate of drug-likeness (QED) is 0.678. The normalized spacial score (nSPS) is 15.0. The van der Waals surface area contributed by atoms with Gasteiger partial charge >= 0.3 is 0 Å². The summed E-state index contributed by atoms with van der Waals surface area (Å²) in [4.78, 5) is 25.1. The van der Waals surface area contributed by atoms with Gasteiger partial charge in [-0.3, -0.25) is 9.69 Å². The van der Waals surface area contributed by atoms with Crippen LogP contribution < -0.4 is 9.47 Å². The molecule has 1 amide bonds. The molecule has 2 aromatic carbocycles. The van der Waals surface area contributed by atoms with Crippen LogP contribution in [-0.2, 0) is 6.54 Å². The molecule has 1 aromatic heterocycles. The number of carbonyl (C=O) groups excluding carboxylic acids is 1. The third-order valence-corrected chi connectivity index (χ3v) is 5.24. The second-order valence-electron chi connectivity index (χ2n) is 7.83. The predicted octanol–water partition coefficient (Wildman–Crippen LogP) is 3.32. The van der Waals surface area contributed by atoms with Crippen LogP contribution >= 0.6 is 0 Å². The lowest BCUT2D eigenvalue weighted by Crippen LogP contribution is -2.48. The highest BCUT2D eigenvalue weighted by Gasteiger charge is 2.23. The van der Waals surface area contributed by atoms with Crippen molar-refractivity contribution in [3.05, 3.63) is 53.9 Å². The minimum atomic E-state index is 0.0709. The van der Waals surface area contributed by atoms with E-state index in [9.17, 15) is 4.79 Å². The Morgan fingerprint density at radius 2 is 1.77 bits per heavy atom. The first-order valence-electron chi connectivity index (χ1n) is 10.3. The number of rotatable bonds is 6. The number of nitrogens with zero attached hydrogens (tertiary/aromatic N) is 3. The molecular formula is C23H28N4O3. The van der Waals surface area contributed by atoms with Crippen molar-refractivity contribution in [2.45, 2.75) is 26.5 Å². The maximum atomic E-state index is 12.8.